The van der Waals surface area contributed by atoms with Gasteiger partial charge < -0.3 is 4.98 Å². The first kappa shape index (κ1) is 13.4. The standard InChI is InChI=1S/C11H10Cl2N2.ClH/c12-6-10-7-14-11(15-10)5-8-1-3-9(13)4-2-8;/h1-4,7H,5-6H2,(H,14,15);1H. The number of hydrogen-bond acceptors (Lipinski definition) is 1. The van der Waals surface area contributed by atoms with E-state index in [4.69, 9.17) is 23.2 Å². The minimum absolute atomic E-state index is 0. The first-order chi connectivity index (χ1) is 7.28. The molecule has 0 unspecified atom stereocenters. The highest BCUT2D eigenvalue weighted by Crippen LogP contribution is 2.12. The molecule has 1 aromatic heterocycles. The van der Waals surface area contributed by atoms with Crippen LogP contribution in [-0.4, -0.2) is 9.97 Å². The second-order valence-electron chi connectivity index (χ2n) is 3.29. The highest BCUT2D eigenvalue weighted by molar-refractivity contribution is 6.30. The van der Waals surface area contributed by atoms with Crippen LogP contribution in [0.15, 0.2) is 30.5 Å². The highest BCUT2D eigenvalue weighted by atomic mass is 35.5. The Balaban J connectivity index is 0.00000128. The van der Waals surface area contributed by atoms with Gasteiger partial charge in [-0.2, -0.15) is 0 Å². The van der Waals surface area contributed by atoms with Crippen LogP contribution in [0.1, 0.15) is 17.1 Å². The minimum atomic E-state index is 0. The molecule has 1 heterocycles. The van der Waals surface area contributed by atoms with Gasteiger partial charge in [0.05, 0.1) is 5.88 Å². The van der Waals surface area contributed by atoms with E-state index in [-0.39, 0.29) is 12.4 Å². The van der Waals surface area contributed by atoms with E-state index < -0.39 is 0 Å². The van der Waals surface area contributed by atoms with Crippen molar-refractivity contribution in [3.8, 4) is 0 Å². The van der Waals surface area contributed by atoms with Gasteiger partial charge in [-0.25, -0.2) is 4.98 Å². The van der Waals surface area contributed by atoms with E-state index in [1.54, 1.807) is 6.20 Å². The molecular weight excluding hydrogens is 266 g/mol. The summed E-state index contributed by atoms with van der Waals surface area (Å²) in [7, 11) is 0. The van der Waals surface area contributed by atoms with Gasteiger partial charge in [0.2, 0.25) is 0 Å². The summed E-state index contributed by atoms with van der Waals surface area (Å²) in [6.45, 7) is 0. The third-order valence-corrected chi connectivity index (χ3v) is 2.65. The molecule has 86 valence electrons. The third kappa shape index (κ3) is 3.41. The quantitative estimate of drug-likeness (QED) is 0.849. The highest BCUT2D eigenvalue weighted by Gasteiger charge is 2.01. The Kier molecular flexibility index (Phi) is 5.13. The molecule has 0 saturated carbocycles. The molecule has 0 amide bonds. The van der Waals surface area contributed by atoms with Crippen molar-refractivity contribution in [2.75, 3.05) is 0 Å². The number of halogens is 3. The Morgan fingerprint density at radius 1 is 1.19 bits per heavy atom. The third-order valence-electron chi connectivity index (χ3n) is 2.11. The van der Waals surface area contributed by atoms with Gasteiger partial charge in [0, 0.05) is 23.3 Å². The van der Waals surface area contributed by atoms with E-state index in [9.17, 15) is 0 Å². The number of alkyl halides is 1. The van der Waals surface area contributed by atoms with Crippen LogP contribution in [0.25, 0.3) is 0 Å². The molecule has 16 heavy (non-hydrogen) atoms. The number of rotatable bonds is 3. The van der Waals surface area contributed by atoms with Gasteiger partial charge in [0.15, 0.2) is 0 Å². The van der Waals surface area contributed by atoms with Crippen LogP contribution in [0, 0.1) is 0 Å². The molecule has 0 spiro atoms. The number of nitrogens with one attached hydrogen (secondary N) is 1. The zero-order valence-electron chi connectivity index (χ0n) is 8.41. The van der Waals surface area contributed by atoms with Crippen LogP contribution in [0.4, 0.5) is 0 Å². The molecule has 1 aromatic carbocycles. The predicted molar refractivity (Wildman–Crippen MR) is 69.7 cm³/mol. The first-order valence-corrected chi connectivity index (χ1v) is 5.52. The fourth-order valence-corrected chi connectivity index (χ4v) is 1.62. The number of imidazole rings is 1. The smallest absolute Gasteiger partial charge is 0.110 e. The van der Waals surface area contributed by atoms with Crippen LogP contribution in [-0.2, 0) is 12.3 Å². The van der Waals surface area contributed by atoms with Crippen molar-refractivity contribution in [1.82, 2.24) is 9.97 Å². The molecule has 0 radical (unpaired) electrons. The Labute approximate surface area is 110 Å². The Morgan fingerprint density at radius 3 is 2.44 bits per heavy atom. The number of aromatic amines is 1. The van der Waals surface area contributed by atoms with E-state index in [0.717, 1.165) is 23.0 Å². The van der Waals surface area contributed by atoms with Gasteiger partial charge in [0.1, 0.15) is 5.82 Å². The number of benzene rings is 1. The van der Waals surface area contributed by atoms with Crippen LogP contribution < -0.4 is 0 Å². The summed E-state index contributed by atoms with van der Waals surface area (Å²) in [4.78, 5) is 7.38. The number of hydrogen-bond donors (Lipinski definition) is 1. The van der Waals surface area contributed by atoms with Crippen molar-refractivity contribution in [2.45, 2.75) is 12.3 Å². The maximum atomic E-state index is 5.80. The van der Waals surface area contributed by atoms with Crippen molar-refractivity contribution in [1.29, 1.82) is 0 Å². The van der Waals surface area contributed by atoms with Gasteiger partial charge in [-0.1, -0.05) is 23.7 Å². The minimum Gasteiger partial charge on any atom is -0.345 e. The van der Waals surface area contributed by atoms with Crippen LogP contribution in [0.3, 0.4) is 0 Å². The molecule has 0 atom stereocenters. The summed E-state index contributed by atoms with van der Waals surface area (Å²) in [6.07, 6.45) is 2.53. The van der Waals surface area contributed by atoms with Crippen molar-refractivity contribution >= 4 is 35.6 Å². The molecule has 2 aromatic rings. The molecule has 0 aliphatic heterocycles. The zero-order chi connectivity index (χ0) is 10.7. The van der Waals surface area contributed by atoms with Crippen LogP contribution >= 0.6 is 35.6 Å². The lowest BCUT2D eigenvalue weighted by Crippen LogP contribution is -1.90. The van der Waals surface area contributed by atoms with Gasteiger partial charge in [0.25, 0.3) is 0 Å². The lowest BCUT2D eigenvalue weighted by molar-refractivity contribution is 1.01. The van der Waals surface area contributed by atoms with E-state index >= 15 is 0 Å². The SMILES string of the molecule is Cl.ClCc1cnc(Cc2ccc(Cl)cc2)[nH]1. The maximum absolute atomic E-state index is 5.80. The summed E-state index contributed by atoms with van der Waals surface area (Å²) < 4.78 is 0. The zero-order valence-corrected chi connectivity index (χ0v) is 10.7. The first-order valence-electron chi connectivity index (χ1n) is 4.61. The lowest BCUT2D eigenvalue weighted by atomic mass is 10.1. The average molecular weight is 278 g/mol. The lowest BCUT2D eigenvalue weighted by Gasteiger charge is -1.98. The average Bonchev–Trinajstić information content (AvgIpc) is 2.69. The molecular formula is C11H11Cl3N2. The van der Waals surface area contributed by atoms with Crippen LogP contribution in [0.2, 0.25) is 5.02 Å². The molecule has 2 nitrogen and oxygen atoms in total. The Hall–Kier alpha value is -0.700. The van der Waals surface area contributed by atoms with E-state index in [1.165, 1.54) is 5.56 Å². The Morgan fingerprint density at radius 2 is 1.88 bits per heavy atom. The van der Waals surface area contributed by atoms with Crippen molar-refractivity contribution in [3.05, 3.63) is 52.6 Å². The summed E-state index contributed by atoms with van der Waals surface area (Å²) in [6, 6.07) is 7.74. The van der Waals surface area contributed by atoms with Gasteiger partial charge >= 0.3 is 0 Å². The number of aromatic nitrogens is 2. The summed E-state index contributed by atoms with van der Waals surface area (Å²) >= 11 is 11.5. The predicted octanol–water partition coefficient (Wildman–Crippen LogP) is 3.81. The largest absolute Gasteiger partial charge is 0.345 e. The van der Waals surface area contributed by atoms with Gasteiger partial charge in [-0.3, -0.25) is 0 Å². The second kappa shape index (κ2) is 6.14. The van der Waals surface area contributed by atoms with Crippen LogP contribution in [0.5, 0.6) is 0 Å². The number of H-pyrrole nitrogens is 1. The fourth-order valence-electron chi connectivity index (χ4n) is 1.36. The topological polar surface area (TPSA) is 28.7 Å². The van der Waals surface area contributed by atoms with E-state index in [0.29, 0.717) is 5.88 Å². The van der Waals surface area contributed by atoms with E-state index in [1.807, 2.05) is 24.3 Å². The van der Waals surface area contributed by atoms with Crippen molar-refractivity contribution in [3.63, 3.8) is 0 Å². The molecule has 0 aliphatic rings. The molecule has 1 N–H and O–H groups in total. The van der Waals surface area contributed by atoms with Crippen molar-refractivity contribution < 1.29 is 0 Å². The van der Waals surface area contributed by atoms with E-state index in [2.05, 4.69) is 9.97 Å². The molecule has 2 rings (SSSR count). The summed E-state index contributed by atoms with van der Waals surface area (Å²) in [5.41, 5.74) is 2.12. The molecule has 0 fully saturated rings. The normalized spacial score (nSPS) is 9.88. The monoisotopic (exact) mass is 276 g/mol. The Bertz CT molecular complexity index is 437. The summed E-state index contributed by atoms with van der Waals surface area (Å²) in [5.74, 6) is 1.39. The molecule has 0 bridgehead atoms. The second-order valence-corrected chi connectivity index (χ2v) is 4.00. The molecule has 5 heteroatoms. The van der Waals surface area contributed by atoms with Gasteiger partial charge in [-0.05, 0) is 17.7 Å². The molecule has 0 saturated heterocycles. The summed E-state index contributed by atoms with van der Waals surface area (Å²) in [5, 5.41) is 0.750. The van der Waals surface area contributed by atoms with Gasteiger partial charge in [-0.15, -0.1) is 24.0 Å². The molecule has 0 aliphatic carbocycles. The van der Waals surface area contributed by atoms with Crippen molar-refractivity contribution in [2.24, 2.45) is 0 Å². The maximum Gasteiger partial charge on any atom is 0.110 e. The number of nitrogens with zero attached hydrogens (tertiary/aromatic N) is 1. The fraction of sp³-hybridized carbons (Fsp3) is 0.182.